The largest absolute Gasteiger partial charge is 0.506 e. The summed E-state index contributed by atoms with van der Waals surface area (Å²) in [4.78, 5) is 39.4. The Labute approximate surface area is 166 Å². The van der Waals surface area contributed by atoms with Crippen LogP contribution in [0.15, 0.2) is 29.1 Å². The first kappa shape index (κ1) is 20.1. The Hall–Kier alpha value is -2.67. The summed E-state index contributed by atoms with van der Waals surface area (Å²) in [7, 11) is 0. The Morgan fingerprint density at radius 1 is 1.25 bits per heavy atom. The number of rotatable bonds is 3. The topological polar surface area (TPSA) is 79.6 Å². The Morgan fingerprint density at radius 2 is 1.93 bits per heavy atom. The Bertz CT molecular complexity index is 1040. The fourth-order valence-corrected chi connectivity index (χ4v) is 3.35. The lowest BCUT2D eigenvalue weighted by atomic mass is 9.86. The highest BCUT2D eigenvalue weighted by molar-refractivity contribution is 6.30. The fraction of sp³-hybridized carbons (Fsp3) is 0.350. The van der Waals surface area contributed by atoms with Crippen molar-refractivity contribution in [1.82, 2.24) is 9.47 Å². The van der Waals surface area contributed by atoms with Gasteiger partial charge in [0.2, 0.25) is 0 Å². The zero-order valence-electron chi connectivity index (χ0n) is 15.8. The summed E-state index contributed by atoms with van der Waals surface area (Å²) in [6.07, 6.45) is 0. The predicted molar refractivity (Wildman–Crippen MR) is 102 cm³/mol. The Balaban J connectivity index is 2.00. The summed E-state index contributed by atoms with van der Waals surface area (Å²) in [6.45, 7) is 5.17. The van der Waals surface area contributed by atoms with Crippen LogP contribution in [0.5, 0.6) is 5.75 Å². The molecule has 1 aliphatic rings. The molecule has 0 unspecified atom stereocenters. The van der Waals surface area contributed by atoms with Crippen molar-refractivity contribution in [3.63, 3.8) is 0 Å². The van der Waals surface area contributed by atoms with E-state index in [9.17, 15) is 23.9 Å². The summed E-state index contributed by atoms with van der Waals surface area (Å²) in [5.41, 5.74) is -1.56. The average molecular weight is 407 g/mol. The van der Waals surface area contributed by atoms with Gasteiger partial charge in [-0.05, 0) is 12.1 Å². The third-order valence-electron chi connectivity index (χ3n) is 4.67. The van der Waals surface area contributed by atoms with Gasteiger partial charge < -0.3 is 10.0 Å². The summed E-state index contributed by atoms with van der Waals surface area (Å²) >= 11 is 5.78. The lowest BCUT2D eigenvalue weighted by Gasteiger charge is -2.30. The van der Waals surface area contributed by atoms with E-state index in [0.717, 1.165) is 10.6 Å². The van der Waals surface area contributed by atoms with Crippen molar-refractivity contribution in [2.75, 3.05) is 6.54 Å². The molecule has 0 fully saturated rings. The van der Waals surface area contributed by atoms with Gasteiger partial charge in [0.25, 0.3) is 11.5 Å². The van der Waals surface area contributed by atoms with E-state index in [2.05, 4.69) is 0 Å². The molecule has 2 aromatic rings. The highest BCUT2D eigenvalue weighted by atomic mass is 35.5. The molecule has 0 bridgehead atoms. The number of benzene rings is 1. The van der Waals surface area contributed by atoms with Crippen molar-refractivity contribution in [3.8, 4) is 5.75 Å². The quantitative estimate of drug-likeness (QED) is 0.793. The Morgan fingerprint density at radius 3 is 2.57 bits per heavy atom. The number of fused-ring (bicyclic) bond motifs is 1. The predicted octanol–water partition coefficient (Wildman–Crippen LogP) is 3.23. The molecule has 1 aromatic heterocycles. The van der Waals surface area contributed by atoms with Crippen LogP contribution in [-0.4, -0.2) is 32.8 Å². The third kappa shape index (κ3) is 3.42. The number of hydrogen-bond donors (Lipinski definition) is 1. The second kappa shape index (κ2) is 7.05. The molecule has 3 rings (SSSR count). The van der Waals surface area contributed by atoms with Crippen LogP contribution >= 0.6 is 11.6 Å². The number of aromatic hydroxyl groups is 1. The smallest absolute Gasteiger partial charge is 0.274 e. The van der Waals surface area contributed by atoms with Gasteiger partial charge in [0.1, 0.15) is 11.6 Å². The molecule has 0 spiro atoms. The average Bonchev–Trinajstić information content (AvgIpc) is 2.62. The number of carbonyl (C=O) groups excluding carboxylic acids is 2. The highest BCUT2D eigenvalue weighted by Crippen LogP contribution is 2.27. The molecule has 1 amide bonds. The van der Waals surface area contributed by atoms with Crippen LogP contribution < -0.4 is 5.56 Å². The molecule has 0 saturated heterocycles. The van der Waals surface area contributed by atoms with E-state index in [1.54, 1.807) is 26.8 Å². The SMILES string of the molecule is CC(C)(C)C(=O)c1cc(O)c2n(c1=O)CCN(Cc1cccc(Cl)c1F)C2=O. The zero-order chi connectivity index (χ0) is 20.8. The molecule has 8 heteroatoms. The normalized spacial score (nSPS) is 14.2. The van der Waals surface area contributed by atoms with Crippen LogP contribution in [0.2, 0.25) is 5.02 Å². The molecule has 28 heavy (non-hydrogen) atoms. The molecule has 0 aliphatic carbocycles. The lowest BCUT2D eigenvalue weighted by molar-refractivity contribution is 0.0677. The monoisotopic (exact) mass is 406 g/mol. The van der Waals surface area contributed by atoms with Crippen LogP contribution in [-0.2, 0) is 13.1 Å². The summed E-state index contributed by atoms with van der Waals surface area (Å²) < 4.78 is 15.3. The maximum Gasteiger partial charge on any atom is 0.274 e. The number of pyridine rings is 1. The van der Waals surface area contributed by atoms with Crippen molar-refractivity contribution >= 4 is 23.3 Å². The molecule has 148 valence electrons. The van der Waals surface area contributed by atoms with Gasteiger partial charge in [-0.3, -0.25) is 19.0 Å². The van der Waals surface area contributed by atoms with Crippen LogP contribution in [0, 0.1) is 11.2 Å². The Kier molecular flexibility index (Phi) is 5.06. The molecule has 6 nitrogen and oxygen atoms in total. The first-order valence-corrected chi connectivity index (χ1v) is 9.14. The molecule has 2 heterocycles. The van der Waals surface area contributed by atoms with Crippen LogP contribution in [0.4, 0.5) is 4.39 Å². The third-order valence-corrected chi connectivity index (χ3v) is 4.96. The van der Waals surface area contributed by atoms with E-state index in [1.165, 1.54) is 17.0 Å². The maximum atomic E-state index is 14.2. The van der Waals surface area contributed by atoms with E-state index in [4.69, 9.17) is 11.6 Å². The van der Waals surface area contributed by atoms with Crippen molar-refractivity contribution in [3.05, 3.63) is 62.3 Å². The first-order valence-electron chi connectivity index (χ1n) is 8.76. The van der Waals surface area contributed by atoms with Gasteiger partial charge in [0, 0.05) is 30.6 Å². The van der Waals surface area contributed by atoms with Gasteiger partial charge in [-0.1, -0.05) is 44.5 Å². The molecular formula is C20H20ClFN2O4. The van der Waals surface area contributed by atoms with Gasteiger partial charge >= 0.3 is 0 Å². The molecule has 0 atom stereocenters. The van der Waals surface area contributed by atoms with E-state index in [0.29, 0.717) is 0 Å². The number of halogens is 2. The zero-order valence-corrected chi connectivity index (χ0v) is 16.5. The molecular weight excluding hydrogens is 387 g/mol. The number of nitrogens with zero attached hydrogens (tertiary/aromatic N) is 2. The van der Waals surface area contributed by atoms with Crippen LogP contribution in [0.3, 0.4) is 0 Å². The van der Waals surface area contributed by atoms with Crippen molar-refractivity contribution < 1.29 is 19.1 Å². The minimum atomic E-state index is -0.810. The van der Waals surface area contributed by atoms with Gasteiger partial charge in [-0.15, -0.1) is 0 Å². The van der Waals surface area contributed by atoms with Crippen molar-refractivity contribution in [2.45, 2.75) is 33.9 Å². The summed E-state index contributed by atoms with van der Waals surface area (Å²) in [5, 5.41) is 10.3. The van der Waals surface area contributed by atoms with E-state index < -0.39 is 34.2 Å². The highest BCUT2D eigenvalue weighted by Gasteiger charge is 2.33. The second-order valence-electron chi connectivity index (χ2n) is 7.77. The van der Waals surface area contributed by atoms with E-state index in [1.807, 2.05) is 0 Å². The minimum Gasteiger partial charge on any atom is -0.506 e. The van der Waals surface area contributed by atoms with Gasteiger partial charge in [-0.25, -0.2) is 4.39 Å². The van der Waals surface area contributed by atoms with Crippen LogP contribution in [0.1, 0.15) is 47.2 Å². The first-order chi connectivity index (χ1) is 13.0. The minimum absolute atomic E-state index is 0.0493. The molecule has 0 saturated carbocycles. The summed E-state index contributed by atoms with van der Waals surface area (Å²) in [5.74, 6) is -2.10. The number of aromatic nitrogens is 1. The molecule has 1 aromatic carbocycles. The number of Topliss-reactive ketones (excluding diaryl/α,β-unsaturated/α-hetero) is 1. The second-order valence-corrected chi connectivity index (χ2v) is 8.17. The molecule has 1 aliphatic heterocycles. The molecule has 0 radical (unpaired) electrons. The van der Waals surface area contributed by atoms with Gasteiger partial charge in [0.05, 0.1) is 10.6 Å². The maximum absolute atomic E-state index is 14.2. The van der Waals surface area contributed by atoms with Gasteiger partial charge in [0.15, 0.2) is 11.5 Å². The fourth-order valence-electron chi connectivity index (χ4n) is 3.16. The molecule has 1 N–H and O–H groups in total. The summed E-state index contributed by atoms with van der Waals surface area (Å²) in [6, 6.07) is 5.55. The van der Waals surface area contributed by atoms with E-state index in [-0.39, 0.29) is 41.5 Å². The van der Waals surface area contributed by atoms with Crippen molar-refractivity contribution in [2.24, 2.45) is 5.41 Å². The van der Waals surface area contributed by atoms with Crippen molar-refractivity contribution in [1.29, 1.82) is 0 Å². The number of carbonyl (C=O) groups is 2. The van der Waals surface area contributed by atoms with Gasteiger partial charge in [-0.2, -0.15) is 0 Å². The lowest BCUT2D eigenvalue weighted by Crippen LogP contribution is -2.45. The number of hydrogen-bond acceptors (Lipinski definition) is 4. The van der Waals surface area contributed by atoms with Crippen LogP contribution in [0.25, 0.3) is 0 Å². The van der Waals surface area contributed by atoms with E-state index >= 15 is 0 Å². The number of ketones is 1. The number of amides is 1. The standard InChI is InChI=1S/C20H20ClFN2O4/c1-20(2,3)17(26)12-9-14(25)16-19(28)23(7-8-24(16)18(12)27)10-11-5-4-6-13(21)15(11)22/h4-6,9,25H,7-8,10H2,1-3H3.